The fourth-order valence-corrected chi connectivity index (χ4v) is 2.29. The lowest BCUT2D eigenvalue weighted by atomic mass is 10.0. The number of benzene rings is 2. The van der Waals surface area contributed by atoms with E-state index in [4.69, 9.17) is 9.47 Å². The summed E-state index contributed by atoms with van der Waals surface area (Å²) in [6.07, 6.45) is 0. The van der Waals surface area contributed by atoms with Crippen molar-refractivity contribution in [2.24, 2.45) is 0 Å². The van der Waals surface area contributed by atoms with Gasteiger partial charge >= 0.3 is 0 Å². The van der Waals surface area contributed by atoms with Gasteiger partial charge in [0.05, 0.1) is 14.2 Å². The number of methoxy groups -OCH3 is 2. The number of halogens is 1. The fourth-order valence-electron chi connectivity index (χ4n) is 1.71. The molecule has 0 aliphatic heterocycles. The fraction of sp³-hybridized carbons (Fsp3) is 0.143. The Hall–Kier alpha value is -1.48. The van der Waals surface area contributed by atoms with E-state index in [1.165, 1.54) is 0 Å². The maximum Gasteiger partial charge on any atom is 0.127 e. The molecule has 0 fully saturated rings. The molecule has 2 nitrogen and oxygen atoms in total. The Labute approximate surface area is 109 Å². The van der Waals surface area contributed by atoms with Crippen molar-refractivity contribution in [3.05, 3.63) is 46.9 Å². The predicted octanol–water partition coefficient (Wildman–Crippen LogP) is 4.13. The zero-order valence-electron chi connectivity index (χ0n) is 9.74. The molecule has 0 heterocycles. The van der Waals surface area contributed by atoms with Crippen molar-refractivity contribution in [1.82, 2.24) is 0 Å². The second-order valence-corrected chi connectivity index (χ2v) is 4.40. The molecule has 3 heteroatoms. The molecule has 0 bridgehead atoms. The van der Waals surface area contributed by atoms with Crippen molar-refractivity contribution < 1.29 is 9.47 Å². The van der Waals surface area contributed by atoms with Crippen LogP contribution in [0.15, 0.2) is 46.9 Å². The number of hydrogen-bond donors (Lipinski definition) is 0. The van der Waals surface area contributed by atoms with E-state index < -0.39 is 0 Å². The van der Waals surface area contributed by atoms with E-state index in [0.717, 1.165) is 27.1 Å². The molecule has 2 rings (SSSR count). The normalized spacial score (nSPS) is 10.1. The van der Waals surface area contributed by atoms with Crippen molar-refractivity contribution >= 4 is 15.9 Å². The number of ether oxygens (including phenoxy) is 2. The molecule has 17 heavy (non-hydrogen) atoms. The van der Waals surface area contributed by atoms with Crippen LogP contribution >= 0.6 is 15.9 Å². The van der Waals surface area contributed by atoms with Gasteiger partial charge in [0.25, 0.3) is 0 Å². The molecule has 88 valence electrons. The Bertz CT molecular complexity index is 506. The van der Waals surface area contributed by atoms with E-state index in [1.54, 1.807) is 14.2 Å². The van der Waals surface area contributed by atoms with Gasteiger partial charge in [0.2, 0.25) is 0 Å². The Morgan fingerprint density at radius 1 is 0.882 bits per heavy atom. The van der Waals surface area contributed by atoms with Gasteiger partial charge in [0, 0.05) is 10.0 Å². The van der Waals surface area contributed by atoms with Gasteiger partial charge < -0.3 is 9.47 Å². The van der Waals surface area contributed by atoms with Crippen LogP contribution in [0.5, 0.6) is 11.5 Å². The van der Waals surface area contributed by atoms with E-state index in [2.05, 4.69) is 15.9 Å². The highest BCUT2D eigenvalue weighted by Gasteiger charge is 2.09. The smallest absolute Gasteiger partial charge is 0.127 e. The van der Waals surface area contributed by atoms with Gasteiger partial charge in [-0.2, -0.15) is 0 Å². The molecule has 0 unspecified atom stereocenters. The summed E-state index contributed by atoms with van der Waals surface area (Å²) < 4.78 is 11.5. The standard InChI is InChI=1S/C14H13BrO2/c1-16-11-8-6-10(7-9-11)14-12(15)4-3-5-13(14)17-2/h3-9H,1-2H3. The predicted molar refractivity (Wildman–Crippen MR) is 72.7 cm³/mol. The summed E-state index contributed by atoms with van der Waals surface area (Å²) in [5.74, 6) is 1.70. The molecule has 0 aromatic heterocycles. The van der Waals surface area contributed by atoms with Crippen LogP contribution in [0.1, 0.15) is 0 Å². The average Bonchev–Trinajstić information content (AvgIpc) is 2.38. The van der Waals surface area contributed by atoms with Crippen LogP contribution in [0.25, 0.3) is 11.1 Å². The van der Waals surface area contributed by atoms with Crippen molar-refractivity contribution in [1.29, 1.82) is 0 Å². The molecule has 0 aliphatic carbocycles. The highest BCUT2D eigenvalue weighted by Crippen LogP contribution is 2.36. The zero-order chi connectivity index (χ0) is 12.3. The Morgan fingerprint density at radius 3 is 2.18 bits per heavy atom. The van der Waals surface area contributed by atoms with Crippen LogP contribution in [0.3, 0.4) is 0 Å². The summed E-state index contributed by atoms with van der Waals surface area (Å²) >= 11 is 3.55. The number of rotatable bonds is 3. The molecule has 0 radical (unpaired) electrons. The Kier molecular flexibility index (Phi) is 3.69. The van der Waals surface area contributed by atoms with E-state index in [-0.39, 0.29) is 0 Å². The molecule has 2 aromatic carbocycles. The van der Waals surface area contributed by atoms with Gasteiger partial charge in [-0.05, 0) is 29.8 Å². The van der Waals surface area contributed by atoms with Gasteiger partial charge in [0.1, 0.15) is 11.5 Å². The van der Waals surface area contributed by atoms with Gasteiger partial charge in [0.15, 0.2) is 0 Å². The highest BCUT2D eigenvalue weighted by atomic mass is 79.9. The topological polar surface area (TPSA) is 18.5 Å². The first-order valence-corrected chi connectivity index (χ1v) is 6.02. The molecular formula is C14H13BrO2. The molecule has 0 saturated carbocycles. The zero-order valence-corrected chi connectivity index (χ0v) is 11.3. The van der Waals surface area contributed by atoms with Crippen LogP contribution < -0.4 is 9.47 Å². The first kappa shape index (κ1) is 12.0. The van der Waals surface area contributed by atoms with Crippen LogP contribution in [0.2, 0.25) is 0 Å². The van der Waals surface area contributed by atoms with Crippen molar-refractivity contribution in [3.8, 4) is 22.6 Å². The summed E-state index contributed by atoms with van der Waals surface area (Å²) in [6.45, 7) is 0. The first-order valence-electron chi connectivity index (χ1n) is 5.23. The lowest BCUT2D eigenvalue weighted by Crippen LogP contribution is -1.89. The third-order valence-corrected chi connectivity index (χ3v) is 3.23. The van der Waals surface area contributed by atoms with Crippen LogP contribution in [0, 0.1) is 0 Å². The quantitative estimate of drug-likeness (QED) is 0.847. The van der Waals surface area contributed by atoms with Gasteiger partial charge in [-0.1, -0.05) is 34.1 Å². The SMILES string of the molecule is COc1ccc(-c2c(Br)cccc2OC)cc1. The minimum Gasteiger partial charge on any atom is -0.497 e. The Morgan fingerprint density at radius 2 is 1.59 bits per heavy atom. The monoisotopic (exact) mass is 292 g/mol. The molecule has 0 aliphatic rings. The highest BCUT2D eigenvalue weighted by molar-refractivity contribution is 9.10. The van der Waals surface area contributed by atoms with Gasteiger partial charge in [-0.25, -0.2) is 0 Å². The van der Waals surface area contributed by atoms with Crippen LogP contribution in [0.4, 0.5) is 0 Å². The second kappa shape index (κ2) is 5.23. The van der Waals surface area contributed by atoms with Crippen molar-refractivity contribution in [2.75, 3.05) is 14.2 Å². The first-order chi connectivity index (χ1) is 8.26. The average molecular weight is 293 g/mol. The van der Waals surface area contributed by atoms with Crippen molar-refractivity contribution in [3.63, 3.8) is 0 Å². The molecule has 2 aromatic rings. The summed E-state index contributed by atoms with van der Waals surface area (Å²) in [7, 11) is 3.34. The van der Waals surface area contributed by atoms with Crippen molar-refractivity contribution in [2.45, 2.75) is 0 Å². The molecule has 0 spiro atoms. The van der Waals surface area contributed by atoms with E-state index in [0.29, 0.717) is 0 Å². The molecule has 0 saturated heterocycles. The molecular weight excluding hydrogens is 280 g/mol. The summed E-state index contributed by atoms with van der Waals surface area (Å²) in [5.41, 5.74) is 2.15. The maximum absolute atomic E-state index is 5.38. The lowest BCUT2D eigenvalue weighted by molar-refractivity contribution is 0.414. The molecule has 0 amide bonds. The number of hydrogen-bond acceptors (Lipinski definition) is 2. The minimum absolute atomic E-state index is 0.847. The third-order valence-electron chi connectivity index (χ3n) is 2.57. The summed E-state index contributed by atoms with van der Waals surface area (Å²) in [4.78, 5) is 0. The summed E-state index contributed by atoms with van der Waals surface area (Å²) in [5, 5.41) is 0. The third kappa shape index (κ3) is 2.44. The van der Waals surface area contributed by atoms with E-state index in [1.807, 2.05) is 42.5 Å². The Balaban J connectivity index is 2.51. The van der Waals surface area contributed by atoms with Crippen LogP contribution in [-0.4, -0.2) is 14.2 Å². The van der Waals surface area contributed by atoms with Gasteiger partial charge in [-0.3, -0.25) is 0 Å². The molecule has 0 N–H and O–H groups in total. The van der Waals surface area contributed by atoms with Gasteiger partial charge in [-0.15, -0.1) is 0 Å². The summed E-state index contributed by atoms with van der Waals surface area (Å²) in [6, 6.07) is 13.8. The second-order valence-electron chi connectivity index (χ2n) is 3.55. The molecule has 0 atom stereocenters. The van der Waals surface area contributed by atoms with E-state index in [9.17, 15) is 0 Å². The largest absolute Gasteiger partial charge is 0.497 e. The van der Waals surface area contributed by atoms with E-state index >= 15 is 0 Å². The van der Waals surface area contributed by atoms with Crippen LogP contribution in [-0.2, 0) is 0 Å². The minimum atomic E-state index is 0.847. The lowest BCUT2D eigenvalue weighted by Gasteiger charge is -2.11. The maximum atomic E-state index is 5.38.